The quantitative estimate of drug-likeness (QED) is 0.815. The lowest BCUT2D eigenvalue weighted by molar-refractivity contribution is 0.0536. The van der Waals surface area contributed by atoms with Gasteiger partial charge in [-0.15, -0.1) is 0 Å². The molecule has 0 saturated carbocycles. The summed E-state index contributed by atoms with van der Waals surface area (Å²) in [5.74, 6) is 0. The van der Waals surface area contributed by atoms with Crippen molar-refractivity contribution in [2.24, 2.45) is 0 Å². The lowest BCUT2D eigenvalue weighted by Gasteiger charge is -2.05. The second-order valence-corrected chi connectivity index (χ2v) is 4.09. The number of benzene rings is 1. The van der Waals surface area contributed by atoms with Crippen LogP contribution in [0.1, 0.15) is 0 Å². The molecule has 0 saturated heterocycles. The molecule has 15 heavy (non-hydrogen) atoms. The number of fused-ring (bicyclic) bond motifs is 1. The van der Waals surface area contributed by atoms with Crippen LogP contribution >= 0.6 is 11.3 Å². The number of aliphatic hydroxyl groups excluding tert-OH is 2. The molecular weight excluding hydrogens is 214 g/mol. The van der Waals surface area contributed by atoms with Crippen LogP contribution in [0, 0.1) is 0 Å². The molecule has 1 aromatic carbocycles. The third kappa shape index (κ3) is 2.44. The first-order valence-electron chi connectivity index (χ1n) is 4.57. The number of aliphatic hydroxyl groups is 2. The van der Waals surface area contributed by atoms with Gasteiger partial charge in [0.05, 0.1) is 16.8 Å². The summed E-state index contributed by atoms with van der Waals surface area (Å²) in [5, 5.41) is 18.2. The molecule has 0 aliphatic carbocycles. The molecule has 4 nitrogen and oxygen atoms in total. The zero-order valence-corrected chi connectivity index (χ0v) is 8.78. The van der Waals surface area contributed by atoms with Crippen LogP contribution in [-0.4, -0.2) is 34.5 Å². The average Bonchev–Trinajstić information content (AvgIpc) is 2.68. The van der Waals surface area contributed by atoms with E-state index in [2.05, 4.69) is 4.98 Å². The minimum absolute atomic E-state index is 0.0658. The molecule has 0 bridgehead atoms. The Kier molecular flexibility index (Phi) is 3.15. The molecule has 0 radical (unpaired) electrons. The second-order valence-electron chi connectivity index (χ2n) is 3.09. The monoisotopic (exact) mass is 225 g/mol. The normalized spacial score (nSPS) is 12.9. The van der Waals surface area contributed by atoms with Gasteiger partial charge in [0.1, 0.15) is 12.7 Å². The van der Waals surface area contributed by atoms with Crippen LogP contribution in [0.15, 0.2) is 24.3 Å². The molecule has 80 valence electrons. The first-order chi connectivity index (χ1) is 7.29. The minimum atomic E-state index is -0.850. The van der Waals surface area contributed by atoms with Gasteiger partial charge in [-0.05, 0) is 12.1 Å². The van der Waals surface area contributed by atoms with Gasteiger partial charge in [0, 0.05) is 0 Å². The van der Waals surface area contributed by atoms with Gasteiger partial charge in [-0.3, -0.25) is 0 Å². The molecule has 2 aromatic rings. The van der Waals surface area contributed by atoms with E-state index in [1.807, 2.05) is 24.3 Å². The van der Waals surface area contributed by atoms with E-state index in [0.29, 0.717) is 5.19 Å². The van der Waals surface area contributed by atoms with Gasteiger partial charge in [0.25, 0.3) is 5.19 Å². The van der Waals surface area contributed by atoms with E-state index in [1.165, 1.54) is 11.3 Å². The third-order valence-corrected chi connectivity index (χ3v) is 2.83. The maximum Gasteiger partial charge on any atom is 0.274 e. The molecule has 1 atom stereocenters. The van der Waals surface area contributed by atoms with Crippen LogP contribution in [0.3, 0.4) is 0 Å². The van der Waals surface area contributed by atoms with Gasteiger partial charge in [-0.25, -0.2) is 4.98 Å². The molecule has 0 amide bonds. The maximum absolute atomic E-state index is 9.10. The summed E-state index contributed by atoms with van der Waals surface area (Å²) in [7, 11) is 0. The molecule has 1 aromatic heterocycles. The number of thiazole rings is 1. The number of hydrogen-bond donors (Lipinski definition) is 2. The molecule has 0 fully saturated rings. The van der Waals surface area contributed by atoms with Gasteiger partial charge in [-0.2, -0.15) is 0 Å². The van der Waals surface area contributed by atoms with Crippen molar-refractivity contribution < 1.29 is 14.9 Å². The highest BCUT2D eigenvalue weighted by Gasteiger charge is 2.07. The van der Waals surface area contributed by atoms with Crippen molar-refractivity contribution in [3.05, 3.63) is 24.3 Å². The highest BCUT2D eigenvalue weighted by Crippen LogP contribution is 2.27. The Hall–Kier alpha value is -1.17. The Morgan fingerprint density at radius 3 is 2.93 bits per heavy atom. The molecular formula is C10H11NO3S. The Morgan fingerprint density at radius 2 is 2.20 bits per heavy atom. The van der Waals surface area contributed by atoms with Crippen LogP contribution < -0.4 is 4.74 Å². The number of para-hydroxylation sites is 1. The van der Waals surface area contributed by atoms with E-state index in [4.69, 9.17) is 14.9 Å². The van der Waals surface area contributed by atoms with E-state index in [1.54, 1.807) is 0 Å². The lowest BCUT2D eigenvalue weighted by atomic mass is 10.3. The van der Waals surface area contributed by atoms with Crippen LogP contribution in [0.2, 0.25) is 0 Å². The predicted octanol–water partition coefficient (Wildman–Crippen LogP) is 1.03. The summed E-state index contributed by atoms with van der Waals surface area (Å²) >= 11 is 1.42. The van der Waals surface area contributed by atoms with Crippen molar-refractivity contribution in [1.82, 2.24) is 4.98 Å². The molecule has 1 unspecified atom stereocenters. The van der Waals surface area contributed by atoms with Gasteiger partial charge >= 0.3 is 0 Å². The van der Waals surface area contributed by atoms with Crippen molar-refractivity contribution in [1.29, 1.82) is 0 Å². The van der Waals surface area contributed by atoms with Crippen molar-refractivity contribution in [3.63, 3.8) is 0 Å². The Morgan fingerprint density at radius 1 is 1.40 bits per heavy atom. The fourth-order valence-corrected chi connectivity index (χ4v) is 1.96. The van der Waals surface area contributed by atoms with Crippen molar-refractivity contribution in [2.75, 3.05) is 13.2 Å². The van der Waals surface area contributed by atoms with Gasteiger partial charge in [0.15, 0.2) is 0 Å². The van der Waals surface area contributed by atoms with Crippen LogP contribution in [-0.2, 0) is 0 Å². The first-order valence-corrected chi connectivity index (χ1v) is 5.38. The summed E-state index contributed by atoms with van der Waals surface area (Å²) in [6.45, 7) is -0.235. The van der Waals surface area contributed by atoms with Crippen LogP contribution in [0.4, 0.5) is 0 Å². The third-order valence-electron chi connectivity index (χ3n) is 1.88. The maximum atomic E-state index is 9.10. The molecule has 2 N–H and O–H groups in total. The Bertz CT molecular complexity index is 410. The zero-order valence-electron chi connectivity index (χ0n) is 7.96. The summed E-state index contributed by atoms with van der Waals surface area (Å²) in [6.07, 6.45) is -0.850. The lowest BCUT2D eigenvalue weighted by Crippen LogP contribution is -2.21. The number of hydrogen-bond acceptors (Lipinski definition) is 5. The SMILES string of the molecule is OCC(O)COc1nc2ccccc2s1. The van der Waals surface area contributed by atoms with E-state index in [9.17, 15) is 0 Å². The highest BCUT2D eigenvalue weighted by molar-refractivity contribution is 7.20. The summed E-state index contributed by atoms with van der Waals surface area (Å²) in [4.78, 5) is 4.22. The van der Waals surface area contributed by atoms with Crippen molar-refractivity contribution in [3.8, 4) is 5.19 Å². The number of aromatic nitrogens is 1. The van der Waals surface area contributed by atoms with E-state index in [-0.39, 0.29) is 13.2 Å². The number of nitrogens with zero attached hydrogens (tertiary/aromatic N) is 1. The first kappa shape index (κ1) is 10.4. The molecule has 5 heteroatoms. The van der Waals surface area contributed by atoms with Crippen molar-refractivity contribution >= 4 is 21.6 Å². The fraction of sp³-hybridized carbons (Fsp3) is 0.300. The summed E-state index contributed by atoms with van der Waals surface area (Å²) in [6, 6.07) is 7.71. The fourth-order valence-electron chi connectivity index (χ4n) is 1.13. The molecule has 0 aliphatic heterocycles. The Labute approximate surface area is 90.8 Å². The van der Waals surface area contributed by atoms with E-state index in [0.717, 1.165) is 10.2 Å². The van der Waals surface area contributed by atoms with Gasteiger partial charge < -0.3 is 14.9 Å². The Balaban J connectivity index is 2.09. The second kappa shape index (κ2) is 4.57. The highest BCUT2D eigenvalue weighted by atomic mass is 32.1. The van der Waals surface area contributed by atoms with E-state index >= 15 is 0 Å². The number of ether oxygens (including phenoxy) is 1. The van der Waals surface area contributed by atoms with E-state index < -0.39 is 6.10 Å². The molecule has 0 spiro atoms. The zero-order chi connectivity index (χ0) is 10.7. The standard InChI is InChI=1S/C10H11NO3S/c12-5-7(13)6-14-10-11-8-3-1-2-4-9(8)15-10/h1-4,7,12-13H,5-6H2. The minimum Gasteiger partial charge on any atom is -0.467 e. The molecule has 0 aliphatic rings. The number of rotatable bonds is 4. The smallest absolute Gasteiger partial charge is 0.274 e. The van der Waals surface area contributed by atoms with Gasteiger partial charge in [0.2, 0.25) is 0 Å². The topological polar surface area (TPSA) is 62.6 Å². The van der Waals surface area contributed by atoms with Crippen LogP contribution in [0.5, 0.6) is 5.19 Å². The molecule has 1 heterocycles. The van der Waals surface area contributed by atoms with Gasteiger partial charge in [-0.1, -0.05) is 23.5 Å². The van der Waals surface area contributed by atoms with Crippen LogP contribution in [0.25, 0.3) is 10.2 Å². The summed E-state index contributed by atoms with van der Waals surface area (Å²) < 4.78 is 6.29. The predicted molar refractivity (Wildman–Crippen MR) is 58.2 cm³/mol. The molecule has 2 rings (SSSR count). The average molecular weight is 225 g/mol. The van der Waals surface area contributed by atoms with Crippen molar-refractivity contribution in [2.45, 2.75) is 6.10 Å². The largest absolute Gasteiger partial charge is 0.467 e. The summed E-state index contributed by atoms with van der Waals surface area (Å²) in [5.41, 5.74) is 0.885.